The van der Waals surface area contributed by atoms with E-state index in [2.05, 4.69) is 28.2 Å². The molecule has 1 heterocycles. The van der Waals surface area contributed by atoms with Gasteiger partial charge in [0.15, 0.2) is 0 Å². The molecular formula is C14H23N3S. The van der Waals surface area contributed by atoms with Crippen molar-refractivity contribution in [2.75, 3.05) is 5.75 Å². The molecule has 1 unspecified atom stereocenters. The average Bonchev–Trinajstić information content (AvgIpc) is 2.45. The van der Waals surface area contributed by atoms with Crippen LogP contribution < -0.4 is 11.3 Å². The minimum atomic E-state index is 0.326. The van der Waals surface area contributed by atoms with Crippen LogP contribution in [0.1, 0.15) is 37.8 Å². The summed E-state index contributed by atoms with van der Waals surface area (Å²) >= 11 is 2.08. The van der Waals surface area contributed by atoms with Crippen molar-refractivity contribution in [3.05, 3.63) is 30.1 Å². The van der Waals surface area contributed by atoms with Gasteiger partial charge < -0.3 is 0 Å². The van der Waals surface area contributed by atoms with Gasteiger partial charge in [0, 0.05) is 35.4 Å². The molecule has 1 aromatic rings. The summed E-state index contributed by atoms with van der Waals surface area (Å²) in [7, 11) is 0. The molecule has 4 heteroatoms. The van der Waals surface area contributed by atoms with Gasteiger partial charge in [-0.1, -0.05) is 25.3 Å². The van der Waals surface area contributed by atoms with E-state index in [0.717, 1.165) is 23.1 Å². The molecule has 1 aliphatic rings. The molecule has 0 bridgehead atoms. The van der Waals surface area contributed by atoms with Gasteiger partial charge in [0.05, 0.1) is 0 Å². The lowest BCUT2D eigenvalue weighted by Crippen LogP contribution is -2.39. The second kappa shape index (κ2) is 7.77. The zero-order valence-electron chi connectivity index (χ0n) is 10.8. The number of rotatable bonds is 6. The fourth-order valence-corrected chi connectivity index (χ4v) is 3.81. The second-order valence-corrected chi connectivity index (χ2v) is 6.32. The first kappa shape index (κ1) is 13.8. The van der Waals surface area contributed by atoms with Crippen LogP contribution in [0.15, 0.2) is 24.4 Å². The Labute approximate surface area is 114 Å². The maximum atomic E-state index is 5.65. The van der Waals surface area contributed by atoms with Crippen molar-refractivity contribution in [3.63, 3.8) is 0 Å². The number of aromatic nitrogens is 1. The summed E-state index contributed by atoms with van der Waals surface area (Å²) in [6, 6.07) is 6.37. The Kier molecular flexibility index (Phi) is 5.97. The molecule has 1 aromatic heterocycles. The summed E-state index contributed by atoms with van der Waals surface area (Å²) in [4.78, 5) is 4.36. The maximum Gasteiger partial charge on any atom is 0.0419 e. The fraction of sp³-hybridized carbons (Fsp3) is 0.643. The molecule has 0 saturated heterocycles. The van der Waals surface area contributed by atoms with E-state index in [1.54, 1.807) is 0 Å². The van der Waals surface area contributed by atoms with Crippen molar-refractivity contribution in [2.45, 2.75) is 49.8 Å². The van der Waals surface area contributed by atoms with Gasteiger partial charge >= 0.3 is 0 Å². The third-order valence-electron chi connectivity index (χ3n) is 3.50. The first-order valence-corrected chi connectivity index (χ1v) is 7.91. The number of nitrogens with two attached hydrogens (primary N) is 1. The van der Waals surface area contributed by atoms with Crippen LogP contribution in [-0.4, -0.2) is 22.0 Å². The number of hydrazine groups is 1. The van der Waals surface area contributed by atoms with Crippen LogP contribution in [0.5, 0.6) is 0 Å². The van der Waals surface area contributed by atoms with Crippen LogP contribution in [0.3, 0.4) is 0 Å². The van der Waals surface area contributed by atoms with Crippen molar-refractivity contribution in [1.29, 1.82) is 0 Å². The van der Waals surface area contributed by atoms with Gasteiger partial charge in [-0.25, -0.2) is 0 Å². The normalized spacial score (nSPS) is 18.7. The zero-order chi connectivity index (χ0) is 12.6. The number of hydrogen-bond donors (Lipinski definition) is 2. The van der Waals surface area contributed by atoms with Crippen molar-refractivity contribution in [2.24, 2.45) is 5.84 Å². The van der Waals surface area contributed by atoms with Crippen molar-refractivity contribution in [1.82, 2.24) is 10.4 Å². The van der Waals surface area contributed by atoms with Gasteiger partial charge in [0.1, 0.15) is 0 Å². The van der Waals surface area contributed by atoms with Crippen LogP contribution in [0.4, 0.5) is 0 Å². The van der Waals surface area contributed by atoms with Crippen LogP contribution in [0.25, 0.3) is 0 Å². The quantitative estimate of drug-likeness (QED) is 0.613. The predicted octanol–water partition coefficient (Wildman–Crippen LogP) is 2.52. The highest BCUT2D eigenvalue weighted by molar-refractivity contribution is 7.99. The summed E-state index contributed by atoms with van der Waals surface area (Å²) in [5.74, 6) is 6.73. The summed E-state index contributed by atoms with van der Waals surface area (Å²) in [5, 5.41) is 0.846. The first-order chi connectivity index (χ1) is 8.88. The monoisotopic (exact) mass is 265 g/mol. The Balaban J connectivity index is 1.75. The van der Waals surface area contributed by atoms with Gasteiger partial charge in [-0.3, -0.25) is 16.3 Å². The minimum Gasteiger partial charge on any atom is -0.271 e. The Morgan fingerprint density at radius 1 is 1.33 bits per heavy atom. The van der Waals surface area contributed by atoms with Gasteiger partial charge in [-0.15, -0.1) is 0 Å². The molecule has 3 N–H and O–H groups in total. The van der Waals surface area contributed by atoms with E-state index in [4.69, 9.17) is 5.84 Å². The Morgan fingerprint density at radius 2 is 2.17 bits per heavy atom. The molecular weight excluding hydrogens is 242 g/mol. The van der Waals surface area contributed by atoms with E-state index in [1.165, 1.54) is 32.1 Å². The first-order valence-electron chi connectivity index (χ1n) is 6.86. The van der Waals surface area contributed by atoms with E-state index < -0.39 is 0 Å². The van der Waals surface area contributed by atoms with Crippen molar-refractivity contribution < 1.29 is 0 Å². The number of nitrogens with zero attached hydrogens (tertiary/aromatic N) is 1. The molecule has 1 aliphatic carbocycles. The highest BCUT2D eigenvalue weighted by atomic mass is 32.2. The van der Waals surface area contributed by atoms with Crippen molar-refractivity contribution in [3.8, 4) is 0 Å². The van der Waals surface area contributed by atoms with E-state index in [0.29, 0.717) is 6.04 Å². The van der Waals surface area contributed by atoms with Crippen molar-refractivity contribution >= 4 is 11.8 Å². The fourth-order valence-electron chi connectivity index (χ4n) is 2.42. The average molecular weight is 265 g/mol. The Bertz CT molecular complexity index is 325. The highest BCUT2D eigenvalue weighted by Gasteiger charge is 2.16. The van der Waals surface area contributed by atoms with Crippen LogP contribution in [-0.2, 0) is 6.42 Å². The van der Waals surface area contributed by atoms with Gasteiger partial charge in [-0.2, -0.15) is 11.8 Å². The zero-order valence-corrected chi connectivity index (χ0v) is 11.7. The van der Waals surface area contributed by atoms with Crippen LogP contribution >= 0.6 is 11.8 Å². The summed E-state index contributed by atoms with van der Waals surface area (Å²) in [6.07, 6.45) is 9.74. The molecule has 2 rings (SSSR count). The molecule has 3 nitrogen and oxygen atoms in total. The van der Waals surface area contributed by atoms with Gasteiger partial charge in [-0.05, 0) is 25.0 Å². The summed E-state index contributed by atoms with van der Waals surface area (Å²) < 4.78 is 0. The molecule has 100 valence electrons. The number of nitrogens with one attached hydrogen (secondary N) is 1. The molecule has 0 aromatic carbocycles. The maximum absolute atomic E-state index is 5.65. The third-order valence-corrected chi connectivity index (χ3v) is 5.04. The lowest BCUT2D eigenvalue weighted by atomic mass is 10.0. The standard InChI is InChI=1S/C14H23N3S/c15-17-13(10-12-6-4-5-9-16-12)11-18-14-7-2-1-3-8-14/h4-6,9,13-14,17H,1-3,7-8,10-11,15H2. The third kappa shape index (κ3) is 4.59. The van der Waals surface area contributed by atoms with Gasteiger partial charge in [0.25, 0.3) is 0 Å². The van der Waals surface area contributed by atoms with Gasteiger partial charge in [0.2, 0.25) is 0 Å². The highest BCUT2D eigenvalue weighted by Crippen LogP contribution is 2.28. The molecule has 0 radical (unpaired) electrons. The molecule has 1 atom stereocenters. The lowest BCUT2D eigenvalue weighted by Gasteiger charge is -2.23. The predicted molar refractivity (Wildman–Crippen MR) is 78.4 cm³/mol. The Hall–Kier alpha value is -0.580. The van der Waals surface area contributed by atoms with E-state index in [9.17, 15) is 0 Å². The van der Waals surface area contributed by atoms with E-state index >= 15 is 0 Å². The second-order valence-electron chi connectivity index (χ2n) is 4.98. The molecule has 0 aliphatic heterocycles. The Morgan fingerprint density at radius 3 is 2.83 bits per heavy atom. The smallest absolute Gasteiger partial charge is 0.0419 e. The summed E-state index contributed by atoms with van der Waals surface area (Å²) in [6.45, 7) is 0. The van der Waals surface area contributed by atoms with E-state index in [-0.39, 0.29) is 0 Å². The topological polar surface area (TPSA) is 50.9 Å². The molecule has 1 saturated carbocycles. The molecule has 1 fully saturated rings. The van der Waals surface area contributed by atoms with Crippen LogP contribution in [0, 0.1) is 0 Å². The number of thioether (sulfide) groups is 1. The largest absolute Gasteiger partial charge is 0.271 e. The SMILES string of the molecule is NNC(CSC1CCCCC1)Cc1ccccn1. The molecule has 0 spiro atoms. The van der Waals surface area contributed by atoms with Crippen LogP contribution in [0.2, 0.25) is 0 Å². The number of hydrogen-bond acceptors (Lipinski definition) is 4. The van der Waals surface area contributed by atoms with E-state index in [1.807, 2.05) is 18.3 Å². The molecule has 0 amide bonds. The minimum absolute atomic E-state index is 0.326. The summed E-state index contributed by atoms with van der Waals surface area (Å²) in [5.41, 5.74) is 4.04. The number of pyridine rings is 1. The molecule has 18 heavy (non-hydrogen) atoms. The lowest BCUT2D eigenvalue weighted by molar-refractivity contribution is 0.512.